The van der Waals surface area contributed by atoms with Gasteiger partial charge in [-0.05, 0) is 24.3 Å². The van der Waals surface area contributed by atoms with Gasteiger partial charge in [0.25, 0.3) is 0 Å². The number of carboxylic acid groups (broad SMARTS) is 1. The molecule has 1 aromatic heterocycles. The third kappa shape index (κ3) is 3.31. The van der Waals surface area contributed by atoms with Crippen LogP contribution in [-0.2, 0) is 21.1 Å². The summed E-state index contributed by atoms with van der Waals surface area (Å²) in [4.78, 5) is 11.7. The zero-order chi connectivity index (χ0) is 12.2. The van der Waals surface area contributed by atoms with E-state index >= 15 is 0 Å². The van der Waals surface area contributed by atoms with E-state index in [9.17, 15) is 13.2 Å². The number of carboxylic acids is 1. The Kier molecular flexibility index (Phi) is 4.49. The molecule has 1 atom stereocenters. The van der Waals surface area contributed by atoms with E-state index < -0.39 is 21.1 Å². The summed E-state index contributed by atoms with van der Waals surface area (Å²) in [5.74, 6) is -1.35. The maximum absolute atomic E-state index is 11.7. The van der Waals surface area contributed by atoms with E-state index in [0.29, 0.717) is 6.42 Å². The van der Waals surface area contributed by atoms with Crippen molar-refractivity contribution in [2.75, 3.05) is 5.75 Å². The van der Waals surface area contributed by atoms with E-state index in [4.69, 9.17) is 5.11 Å². The normalized spacial score (nSPS) is 13.6. The molecule has 1 aromatic rings. The number of rotatable bonds is 6. The Morgan fingerprint density at radius 1 is 1.56 bits per heavy atom. The average molecular weight is 262 g/mol. The molecule has 1 N–H and O–H groups in total. The van der Waals surface area contributed by atoms with Gasteiger partial charge >= 0.3 is 5.97 Å². The predicted molar refractivity (Wildman–Crippen MR) is 63.5 cm³/mol. The first kappa shape index (κ1) is 13.2. The fourth-order valence-corrected chi connectivity index (χ4v) is 3.86. The molecule has 0 bridgehead atoms. The minimum absolute atomic E-state index is 0.0989. The van der Waals surface area contributed by atoms with Gasteiger partial charge in [0, 0.05) is 4.88 Å². The van der Waals surface area contributed by atoms with Crippen molar-refractivity contribution in [3.63, 3.8) is 0 Å². The summed E-state index contributed by atoms with van der Waals surface area (Å²) < 4.78 is 23.4. The quantitative estimate of drug-likeness (QED) is 0.844. The molecule has 0 aliphatic rings. The molecule has 0 aliphatic heterocycles. The minimum Gasteiger partial charge on any atom is -0.480 e. The summed E-state index contributed by atoms with van der Waals surface area (Å²) in [7, 11) is -3.54. The van der Waals surface area contributed by atoms with Crippen LogP contribution in [0.2, 0.25) is 0 Å². The van der Waals surface area contributed by atoms with Gasteiger partial charge in [-0.15, -0.1) is 11.3 Å². The van der Waals surface area contributed by atoms with Crippen molar-refractivity contribution in [3.05, 3.63) is 22.4 Å². The molecule has 1 heterocycles. The second kappa shape index (κ2) is 5.45. The van der Waals surface area contributed by atoms with Gasteiger partial charge in [0.1, 0.15) is 0 Å². The van der Waals surface area contributed by atoms with Gasteiger partial charge < -0.3 is 5.11 Å². The van der Waals surface area contributed by atoms with Crippen LogP contribution in [0.25, 0.3) is 0 Å². The number of hydrogen-bond acceptors (Lipinski definition) is 4. The second-order valence-corrected chi connectivity index (χ2v) is 6.77. The van der Waals surface area contributed by atoms with E-state index in [1.807, 2.05) is 17.5 Å². The van der Waals surface area contributed by atoms with Gasteiger partial charge in [0.05, 0.1) is 5.75 Å². The lowest BCUT2D eigenvalue weighted by Crippen LogP contribution is -2.31. The first-order valence-electron chi connectivity index (χ1n) is 4.94. The Morgan fingerprint density at radius 3 is 2.69 bits per heavy atom. The van der Waals surface area contributed by atoms with E-state index in [1.165, 1.54) is 11.3 Å². The van der Waals surface area contributed by atoms with E-state index in [2.05, 4.69) is 0 Å². The monoisotopic (exact) mass is 262 g/mol. The van der Waals surface area contributed by atoms with Gasteiger partial charge in [-0.2, -0.15) is 0 Å². The standard InChI is InChI=1S/C10H14O4S2/c1-2-9(10(11)12)16(13,14)7-5-8-4-3-6-15-8/h3-4,6,9H,2,5,7H2,1H3,(H,11,12). The first-order chi connectivity index (χ1) is 7.47. The second-order valence-electron chi connectivity index (χ2n) is 3.43. The Balaban J connectivity index is 2.67. The molecular weight excluding hydrogens is 248 g/mol. The smallest absolute Gasteiger partial charge is 0.321 e. The van der Waals surface area contributed by atoms with Crippen molar-refractivity contribution < 1.29 is 18.3 Å². The van der Waals surface area contributed by atoms with Gasteiger partial charge in [0.15, 0.2) is 15.1 Å². The van der Waals surface area contributed by atoms with Crippen LogP contribution in [0.3, 0.4) is 0 Å². The van der Waals surface area contributed by atoms with Crippen LogP contribution >= 0.6 is 11.3 Å². The molecule has 6 heteroatoms. The topological polar surface area (TPSA) is 71.4 Å². The van der Waals surface area contributed by atoms with Crippen LogP contribution < -0.4 is 0 Å². The molecule has 1 rings (SSSR count). The third-order valence-corrected chi connectivity index (χ3v) is 5.40. The molecule has 1 unspecified atom stereocenters. The molecule has 0 aromatic carbocycles. The predicted octanol–water partition coefficient (Wildman–Crippen LogP) is 1.57. The highest BCUT2D eigenvalue weighted by Gasteiger charge is 2.30. The first-order valence-corrected chi connectivity index (χ1v) is 7.53. The fourth-order valence-electron chi connectivity index (χ4n) is 1.42. The number of thiophene rings is 1. The van der Waals surface area contributed by atoms with Crippen molar-refractivity contribution in [2.24, 2.45) is 0 Å². The lowest BCUT2D eigenvalue weighted by atomic mass is 10.3. The summed E-state index contributed by atoms with van der Waals surface area (Å²) in [6, 6.07) is 3.70. The molecule has 0 saturated heterocycles. The highest BCUT2D eigenvalue weighted by Crippen LogP contribution is 2.14. The van der Waals surface area contributed by atoms with Crippen molar-refractivity contribution >= 4 is 27.1 Å². The van der Waals surface area contributed by atoms with E-state index in [1.54, 1.807) is 6.92 Å². The van der Waals surface area contributed by atoms with Gasteiger partial charge in [-0.3, -0.25) is 4.79 Å². The van der Waals surface area contributed by atoms with Crippen molar-refractivity contribution in [3.8, 4) is 0 Å². The van der Waals surface area contributed by atoms with Crippen molar-refractivity contribution in [1.29, 1.82) is 0 Å². The summed E-state index contributed by atoms with van der Waals surface area (Å²) in [6.07, 6.45) is 0.506. The molecule has 16 heavy (non-hydrogen) atoms. The van der Waals surface area contributed by atoms with Crippen LogP contribution in [0.4, 0.5) is 0 Å². The Morgan fingerprint density at radius 2 is 2.25 bits per heavy atom. The molecule has 0 amide bonds. The molecule has 0 fully saturated rings. The molecular formula is C10H14O4S2. The summed E-state index contributed by atoms with van der Waals surface area (Å²) in [5, 5.41) is 9.39. The Labute approximate surface area is 98.8 Å². The molecule has 0 saturated carbocycles. The van der Waals surface area contributed by atoms with Crippen molar-refractivity contribution in [1.82, 2.24) is 0 Å². The summed E-state index contributed by atoms with van der Waals surface area (Å²) >= 11 is 1.48. The zero-order valence-electron chi connectivity index (χ0n) is 8.92. The molecule has 90 valence electrons. The highest BCUT2D eigenvalue weighted by atomic mass is 32.2. The Hall–Kier alpha value is -0.880. The van der Waals surface area contributed by atoms with Gasteiger partial charge in [0.2, 0.25) is 0 Å². The maximum Gasteiger partial charge on any atom is 0.321 e. The third-order valence-electron chi connectivity index (χ3n) is 2.29. The largest absolute Gasteiger partial charge is 0.480 e. The van der Waals surface area contributed by atoms with Crippen LogP contribution in [-0.4, -0.2) is 30.5 Å². The van der Waals surface area contributed by atoms with Crippen LogP contribution in [0.1, 0.15) is 18.2 Å². The number of hydrogen-bond donors (Lipinski definition) is 1. The molecule has 0 radical (unpaired) electrons. The van der Waals surface area contributed by atoms with Crippen LogP contribution in [0.15, 0.2) is 17.5 Å². The summed E-state index contributed by atoms with van der Waals surface area (Å²) in [5.41, 5.74) is 0. The lowest BCUT2D eigenvalue weighted by molar-refractivity contribution is -0.136. The maximum atomic E-state index is 11.7. The Bertz CT molecular complexity index is 433. The minimum atomic E-state index is -3.54. The van der Waals surface area contributed by atoms with Gasteiger partial charge in [-0.1, -0.05) is 13.0 Å². The van der Waals surface area contributed by atoms with Gasteiger partial charge in [-0.25, -0.2) is 8.42 Å². The molecule has 0 aliphatic carbocycles. The number of aliphatic carboxylic acids is 1. The van der Waals surface area contributed by atoms with E-state index in [-0.39, 0.29) is 12.2 Å². The highest BCUT2D eigenvalue weighted by molar-refractivity contribution is 7.92. The summed E-state index contributed by atoms with van der Waals surface area (Å²) in [6.45, 7) is 1.57. The number of carbonyl (C=O) groups is 1. The van der Waals surface area contributed by atoms with Crippen LogP contribution in [0.5, 0.6) is 0 Å². The lowest BCUT2D eigenvalue weighted by Gasteiger charge is -2.10. The van der Waals surface area contributed by atoms with E-state index in [0.717, 1.165) is 4.88 Å². The van der Waals surface area contributed by atoms with Crippen molar-refractivity contribution in [2.45, 2.75) is 25.0 Å². The average Bonchev–Trinajstić information content (AvgIpc) is 2.67. The fraction of sp³-hybridized carbons (Fsp3) is 0.500. The number of aryl methyl sites for hydroxylation is 1. The zero-order valence-corrected chi connectivity index (χ0v) is 10.6. The SMILES string of the molecule is CCC(C(=O)O)S(=O)(=O)CCc1cccs1. The van der Waals surface area contributed by atoms with Crippen LogP contribution in [0, 0.1) is 0 Å². The molecule has 4 nitrogen and oxygen atoms in total. The number of sulfone groups is 1. The molecule has 0 spiro atoms.